The van der Waals surface area contributed by atoms with Crippen molar-refractivity contribution < 1.29 is 27.5 Å². The fourth-order valence-electron chi connectivity index (χ4n) is 2.41. The Bertz CT molecular complexity index is 758. The third-order valence-electron chi connectivity index (χ3n) is 3.40. The fraction of sp³-hybridized carbons (Fsp3) is 0.357. The summed E-state index contributed by atoms with van der Waals surface area (Å²) in [6, 6.07) is 2.76. The molecule has 0 unspecified atom stereocenters. The van der Waals surface area contributed by atoms with Crippen LogP contribution in [0.2, 0.25) is 0 Å². The predicted molar refractivity (Wildman–Crippen MR) is 74.3 cm³/mol. The van der Waals surface area contributed by atoms with Crippen LogP contribution in [0.4, 0.5) is 13.2 Å². The first kappa shape index (κ1) is 15.9. The lowest BCUT2D eigenvalue weighted by Crippen LogP contribution is -2.14. The highest BCUT2D eigenvalue weighted by Crippen LogP contribution is 2.36. The number of carboxylic acid groups (broad SMARTS) is 1. The Balaban J connectivity index is 1.81. The van der Waals surface area contributed by atoms with Gasteiger partial charge in [0.25, 0.3) is 0 Å². The number of hydrogen-bond donors (Lipinski definition) is 1. The average Bonchev–Trinajstić information content (AvgIpc) is 3.12. The third kappa shape index (κ3) is 3.34. The molecule has 0 atom stereocenters. The summed E-state index contributed by atoms with van der Waals surface area (Å²) in [4.78, 5) is 18.5. The fourth-order valence-corrected chi connectivity index (χ4v) is 3.17. The molecule has 5 nitrogen and oxygen atoms in total. The van der Waals surface area contributed by atoms with Crippen LogP contribution in [0, 0.1) is 0 Å². The summed E-state index contributed by atoms with van der Waals surface area (Å²) in [6.45, 7) is 0. The standard InChI is InChI=1S/C14H11F3N2O3S/c15-14(16,17)11-8-2-1-3-9(8)18-13(19-11)23-6-7-4-5-10(22-7)12(20)21/h4-5H,1-3,6H2,(H,20,21). The highest BCUT2D eigenvalue weighted by Gasteiger charge is 2.38. The van der Waals surface area contributed by atoms with Crippen LogP contribution >= 0.6 is 11.8 Å². The molecule has 9 heteroatoms. The minimum Gasteiger partial charge on any atom is -0.475 e. The molecular weight excluding hydrogens is 333 g/mol. The molecule has 0 saturated carbocycles. The highest BCUT2D eigenvalue weighted by molar-refractivity contribution is 7.98. The molecule has 3 rings (SSSR count). The number of halogens is 3. The van der Waals surface area contributed by atoms with E-state index in [1.54, 1.807) is 0 Å². The van der Waals surface area contributed by atoms with Gasteiger partial charge in [-0.15, -0.1) is 0 Å². The average molecular weight is 344 g/mol. The Morgan fingerprint density at radius 3 is 2.74 bits per heavy atom. The Kier molecular flexibility index (Phi) is 4.05. The number of alkyl halides is 3. The Hall–Kier alpha value is -2.03. The van der Waals surface area contributed by atoms with Crippen LogP contribution in [-0.4, -0.2) is 21.0 Å². The maximum atomic E-state index is 13.1. The molecule has 0 bridgehead atoms. The Morgan fingerprint density at radius 2 is 2.09 bits per heavy atom. The van der Waals surface area contributed by atoms with E-state index in [2.05, 4.69) is 9.97 Å². The summed E-state index contributed by atoms with van der Waals surface area (Å²) >= 11 is 0.986. The second-order valence-electron chi connectivity index (χ2n) is 4.99. The molecule has 1 aliphatic rings. The molecular formula is C14H11F3N2O3S. The molecule has 0 saturated heterocycles. The van der Waals surface area contributed by atoms with E-state index in [9.17, 15) is 18.0 Å². The molecule has 2 aromatic rings. The zero-order chi connectivity index (χ0) is 16.6. The minimum atomic E-state index is -4.51. The monoisotopic (exact) mass is 344 g/mol. The minimum absolute atomic E-state index is 0.0197. The van der Waals surface area contributed by atoms with Crippen molar-refractivity contribution in [2.75, 3.05) is 0 Å². The van der Waals surface area contributed by atoms with E-state index in [4.69, 9.17) is 9.52 Å². The molecule has 0 radical (unpaired) electrons. The first-order valence-corrected chi connectivity index (χ1v) is 7.75. The van der Waals surface area contributed by atoms with Crippen LogP contribution < -0.4 is 0 Å². The van der Waals surface area contributed by atoms with E-state index in [1.165, 1.54) is 12.1 Å². The van der Waals surface area contributed by atoms with Gasteiger partial charge in [0.05, 0.1) is 5.75 Å². The summed E-state index contributed by atoms with van der Waals surface area (Å²) < 4.78 is 44.3. The topological polar surface area (TPSA) is 76.2 Å². The molecule has 0 spiro atoms. The van der Waals surface area contributed by atoms with Gasteiger partial charge in [-0.25, -0.2) is 14.8 Å². The van der Waals surface area contributed by atoms with E-state index in [-0.39, 0.29) is 22.2 Å². The van der Waals surface area contributed by atoms with E-state index in [0.717, 1.165) is 11.8 Å². The van der Waals surface area contributed by atoms with Gasteiger partial charge in [0.2, 0.25) is 5.76 Å². The van der Waals surface area contributed by atoms with Crippen LogP contribution in [-0.2, 0) is 24.8 Å². The third-order valence-corrected chi connectivity index (χ3v) is 4.27. The molecule has 23 heavy (non-hydrogen) atoms. The lowest BCUT2D eigenvalue weighted by atomic mass is 10.2. The zero-order valence-corrected chi connectivity index (χ0v) is 12.5. The molecule has 0 fully saturated rings. The van der Waals surface area contributed by atoms with Crippen molar-refractivity contribution in [1.29, 1.82) is 0 Å². The first-order valence-electron chi connectivity index (χ1n) is 6.76. The second kappa shape index (κ2) is 5.88. The van der Waals surface area contributed by atoms with Crippen LogP contribution in [0.1, 0.15) is 39.7 Å². The van der Waals surface area contributed by atoms with Crippen molar-refractivity contribution in [1.82, 2.24) is 9.97 Å². The number of fused-ring (bicyclic) bond motifs is 1. The smallest absolute Gasteiger partial charge is 0.433 e. The van der Waals surface area contributed by atoms with Crippen molar-refractivity contribution in [3.05, 3.63) is 40.6 Å². The number of aryl methyl sites for hydroxylation is 1. The summed E-state index contributed by atoms with van der Waals surface area (Å²) in [6.07, 6.45) is -3.01. The number of furan rings is 1. The molecule has 0 aliphatic heterocycles. The van der Waals surface area contributed by atoms with Gasteiger partial charge in [-0.1, -0.05) is 11.8 Å². The number of aromatic nitrogens is 2. The predicted octanol–water partition coefficient (Wildman–Crippen LogP) is 3.57. The molecule has 1 N–H and O–H groups in total. The summed E-state index contributed by atoms with van der Waals surface area (Å²) in [5.74, 6) is -0.922. The van der Waals surface area contributed by atoms with Crippen molar-refractivity contribution >= 4 is 17.7 Å². The normalized spacial score (nSPS) is 14.0. The van der Waals surface area contributed by atoms with E-state index in [0.29, 0.717) is 30.7 Å². The number of aromatic carboxylic acids is 1. The number of carbonyl (C=O) groups is 1. The molecule has 1 aliphatic carbocycles. The van der Waals surface area contributed by atoms with Crippen LogP contribution in [0.25, 0.3) is 0 Å². The highest BCUT2D eigenvalue weighted by atomic mass is 32.2. The molecule has 2 aromatic heterocycles. The Morgan fingerprint density at radius 1 is 1.30 bits per heavy atom. The largest absolute Gasteiger partial charge is 0.475 e. The van der Waals surface area contributed by atoms with Gasteiger partial charge >= 0.3 is 12.1 Å². The van der Waals surface area contributed by atoms with Gasteiger partial charge in [-0.3, -0.25) is 0 Å². The quantitative estimate of drug-likeness (QED) is 0.675. The maximum absolute atomic E-state index is 13.1. The van der Waals surface area contributed by atoms with E-state index < -0.39 is 17.8 Å². The summed E-state index contributed by atoms with van der Waals surface area (Å²) in [5, 5.41) is 8.78. The Labute approximate surface area is 132 Å². The summed E-state index contributed by atoms with van der Waals surface area (Å²) in [7, 11) is 0. The van der Waals surface area contributed by atoms with Gasteiger partial charge in [0.15, 0.2) is 10.9 Å². The molecule has 2 heterocycles. The van der Waals surface area contributed by atoms with Crippen LogP contribution in [0.3, 0.4) is 0 Å². The number of carboxylic acids is 1. The maximum Gasteiger partial charge on any atom is 0.433 e. The second-order valence-corrected chi connectivity index (χ2v) is 5.93. The molecule has 122 valence electrons. The molecule has 0 amide bonds. The summed E-state index contributed by atoms with van der Waals surface area (Å²) in [5.41, 5.74) is -0.235. The van der Waals surface area contributed by atoms with E-state index in [1.807, 2.05) is 0 Å². The first-order chi connectivity index (χ1) is 10.8. The van der Waals surface area contributed by atoms with Gasteiger partial charge in [0, 0.05) is 11.3 Å². The lowest BCUT2D eigenvalue weighted by molar-refractivity contribution is -0.142. The number of thioether (sulfide) groups is 1. The van der Waals surface area contributed by atoms with Crippen molar-refractivity contribution in [3.8, 4) is 0 Å². The number of hydrogen-bond acceptors (Lipinski definition) is 5. The SMILES string of the molecule is O=C(O)c1ccc(CSc2nc3c(c(C(F)(F)F)n2)CCC3)o1. The number of rotatable bonds is 4. The lowest BCUT2D eigenvalue weighted by Gasteiger charge is -2.12. The van der Waals surface area contributed by atoms with Crippen LogP contribution in [0.15, 0.2) is 21.7 Å². The van der Waals surface area contributed by atoms with Gasteiger partial charge in [-0.2, -0.15) is 13.2 Å². The van der Waals surface area contributed by atoms with Crippen molar-refractivity contribution in [2.24, 2.45) is 0 Å². The van der Waals surface area contributed by atoms with Crippen molar-refractivity contribution in [2.45, 2.75) is 36.3 Å². The van der Waals surface area contributed by atoms with E-state index >= 15 is 0 Å². The van der Waals surface area contributed by atoms with Gasteiger partial charge in [-0.05, 0) is 31.4 Å². The van der Waals surface area contributed by atoms with Gasteiger partial charge in [0.1, 0.15) is 5.76 Å². The van der Waals surface area contributed by atoms with Gasteiger partial charge < -0.3 is 9.52 Å². The van der Waals surface area contributed by atoms with Crippen molar-refractivity contribution in [3.63, 3.8) is 0 Å². The molecule has 0 aromatic carbocycles. The zero-order valence-electron chi connectivity index (χ0n) is 11.7. The number of nitrogens with zero attached hydrogens (tertiary/aromatic N) is 2. The van der Waals surface area contributed by atoms with Crippen LogP contribution in [0.5, 0.6) is 0 Å².